The number of rotatable bonds is 1. The number of amides is 1. The Morgan fingerprint density at radius 3 is 2.81 bits per heavy atom. The molecule has 1 aromatic rings. The van der Waals surface area contributed by atoms with E-state index in [0.29, 0.717) is 5.92 Å². The van der Waals surface area contributed by atoms with E-state index >= 15 is 0 Å². The first-order valence-electron chi connectivity index (χ1n) is 6.94. The molecule has 1 fully saturated rings. The minimum absolute atomic E-state index is 0.162. The van der Waals surface area contributed by atoms with Gasteiger partial charge in [-0.15, -0.1) is 0 Å². The van der Waals surface area contributed by atoms with E-state index in [1.807, 2.05) is 32.9 Å². The van der Waals surface area contributed by atoms with Gasteiger partial charge in [0.15, 0.2) is 0 Å². The second-order valence-corrected chi connectivity index (χ2v) is 7.06. The summed E-state index contributed by atoms with van der Waals surface area (Å²) in [5, 5.41) is 2.86. The van der Waals surface area contributed by atoms with Crippen molar-refractivity contribution in [2.45, 2.75) is 45.3 Å². The van der Waals surface area contributed by atoms with Crippen LogP contribution in [-0.2, 0) is 4.74 Å². The highest BCUT2D eigenvalue weighted by atomic mass is 79.9. The Labute approximate surface area is 133 Å². The zero-order chi connectivity index (χ0) is 15.5. The van der Waals surface area contributed by atoms with E-state index < -0.39 is 5.60 Å². The molecule has 1 amide bonds. The Morgan fingerprint density at radius 2 is 2.19 bits per heavy atom. The summed E-state index contributed by atoms with van der Waals surface area (Å²) in [6.45, 7) is 5.56. The van der Waals surface area contributed by atoms with Crippen molar-refractivity contribution in [1.29, 1.82) is 0 Å². The summed E-state index contributed by atoms with van der Waals surface area (Å²) in [4.78, 5) is 15.8. The van der Waals surface area contributed by atoms with Gasteiger partial charge in [0.1, 0.15) is 11.3 Å². The molecular weight excluding hydrogens is 332 g/mol. The number of halogens is 1. The highest BCUT2D eigenvalue weighted by molar-refractivity contribution is 9.10. The quantitative estimate of drug-likeness (QED) is 0.788. The summed E-state index contributed by atoms with van der Waals surface area (Å²) < 4.78 is 6.19. The second kappa shape index (κ2) is 6.48. The number of nitrogens with one attached hydrogen (secondary N) is 1. The van der Waals surface area contributed by atoms with Gasteiger partial charge in [-0.2, -0.15) is 0 Å². The lowest BCUT2D eigenvalue weighted by Gasteiger charge is -2.33. The van der Waals surface area contributed by atoms with Gasteiger partial charge in [0.05, 0.1) is 0 Å². The molecule has 0 spiro atoms. The number of aromatic nitrogens is 1. The lowest BCUT2D eigenvalue weighted by Crippen LogP contribution is -2.45. The highest BCUT2D eigenvalue weighted by Gasteiger charge is 2.30. The summed E-state index contributed by atoms with van der Waals surface area (Å²) in [5.41, 5.74) is 0.298. The average molecular weight is 351 g/mol. The Hall–Kier alpha value is -1.54. The maximum atomic E-state index is 11.6. The topological polar surface area (TPSA) is 51.2 Å². The number of nitrogens with zero attached hydrogens (tertiary/aromatic N) is 1. The summed E-state index contributed by atoms with van der Waals surface area (Å²) in [5.74, 6) is 6.56. The van der Waals surface area contributed by atoms with Crippen LogP contribution >= 0.6 is 15.9 Å². The number of carbonyl (C=O) groups excluding carboxylic acids is 1. The SMILES string of the molecule is CC(C)(C)OC(=O)NC1CC(C#Cc2cc(Br)ccn2)C1. The molecule has 5 heteroatoms. The lowest BCUT2D eigenvalue weighted by atomic mass is 9.81. The third kappa shape index (κ3) is 5.39. The number of ether oxygens (including phenoxy) is 1. The van der Waals surface area contributed by atoms with E-state index in [0.717, 1.165) is 23.0 Å². The number of carbonyl (C=O) groups is 1. The van der Waals surface area contributed by atoms with Gasteiger partial charge in [-0.3, -0.25) is 0 Å². The number of hydrogen-bond donors (Lipinski definition) is 1. The van der Waals surface area contributed by atoms with Gasteiger partial charge in [-0.05, 0) is 51.7 Å². The third-order valence-electron chi connectivity index (χ3n) is 2.99. The van der Waals surface area contributed by atoms with Gasteiger partial charge in [0, 0.05) is 22.6 Å². The molecule has 0 bridgehead atoms. The Morgan fingerprint density at radius 1 is 1.48 bits per heavy atom. The largest absolute Gasteiger partial charge is 0.444 e. The van der Waals surface area contributed by atoms with Crippen LogP contribution in [0.15, 0.2) is 22.8 Å². The molecule has 1 saturated carbocycles. The Bertz CT molecular complexity index is 578. The molecule has 1 aliphatic carbocycles. The maximum Gasteiger partial charge on any atom is 0.407 e. The standard InChI is InChI=1S/C16H19BrN2O2/c1-16(2,3)21-15(20)19-14-8-11(9-14)4-5-13-10-12(17)6-7-18-13/h6-7,10-11,14H,8-9H2,1-3H3,(H,19,20). The summed E-state index contributed by atoms with van der Waals surface area (Å²) in [7, 11) is 0. The molecule has 0 aromatic carbocycles. The smallest absolute Gasteiger partial charge is 0.407 e. The zero-order valence-electron chi connectivity index (χ0n) is 12.4. The van der Waals surface area contributed by atoms with Crippen molar-refractivity contribution in [2.75, 3.05) is 0 Å². The molecule has 21 heavy (non-hydrogen) atoms. The van der Waals surface area contributed by atoms with Gasteiger partial charge in [0.2, 0.25) is 0 Å². The van der Waals surface area contributed by atoms with Crippen LogP contribution in [0.1, 0.15) is 39.3 Å². The molecule has 1 N–H and O–H groups in total. The molecule has 1 aromatic heterocycles. The van der Waals surface area contributed by atoms with Crippen LogP contribution in [0.3, 0.4) is 0 Å². The minimum atomic E-state index is -0.459. The molecule has 0 radical (unpaired) electrons. The monoisotopic (exact) mass is 350 g/mol. The Balaban J connectivity index is 1.76. The van der Waals surface area contributed by atoms with E-state index in [2.05, 4.69) is 38.1 Å². The van der Waals surface area contributed by atoms with E-state index in [-0.39, 0.29) is 12.1 Å². The van der Waals surface area contributed by atoms with Gasteiger partial charge < -0.3 is 10.1 Å². The molecule has 1 heterocycles. The number of pyridine rings is 1. The van der Waals surface area contributed by atoms with Crippen molar-refractivity contribution in [1.82, 2.24) is 10.3 Å². The minimum Gasteiger partial charge on any atom is -0.444 e. The normalized spacial score (nSPS) is 20.8. The van der Waals surface area contributed by atoms with E-state index in [1.54, 1.807) is 6.20 Å². The van der Waals surface area contributed by atoms with Gasteiger partial charge >= 0.3 is 6.09 Å². The fourth-order valence-corrected chi connectivity index (χ4v) is 2.31. The van der Waals surface area contributed by atoms with Crippen LogP contribution in [0, 0.1) is 17.8 Å². The van der Waals surface area contributed by atoms with Gasteiger partial charge in [0.25, 0.3) is 0 Å². The molecule has 0 unspecified atom stereocenters. The van der Waals surface area contributed by atoms with E-state index in [1.165, 1.54) is 0 Å². The molecule has 112 valence electrons. The fourth-order valence-electron chi connectivity index (χ4n) is 1.98. The van der Waals surface area contributed by atoms with E-state index in [9.17, 15) is 4.79 Å². The third-order valence-corrected chi connectivity index (χ3v) is 3.48. The number of alkyl carbamates (subject to hydrolysis) is 1. The fraction of sp³-hybridized carbons (Fsp3) is 0.500. The zero-order valence-corrected chi connectivity index (χ0v) is 14.0. The second-order valence-electron chi connectivity index (χ2n) is 6.14. The van der Waals surface area contributed by atoms with Crippen molar-refractivity contribution in [3.8, 4) is 11.8 Å². The van der Waals surface area contributed by atoms with Crippen molar-refractivity contribution in [2.24, 2.45) is 5.92 Å². The first-order valence-corrected chi connectivity index (χ1v) is 7.74. The summed E-state index contributed by atoms with van der Waals surface area (Å²) >= 11 is 3.39. The molecule has 0 atom stereocenters. The molecule has 2 rings (SSSR count). The summed E-state index contributed by atoms with van der Waals surface area (Å²) in [6, 6.07) is 3.92. The summed E-state index contributed by atoms with van der Waals surface area (Å²) in [6.07, 6.45) is 3.09. The predicted octanol–water partition coefficient (Wildman–Crippen LogP) is 3.50. The molecule has 0 saturated heterocycles. The lowest BCUT2D eigenvalue weighted by molar-refractivity contribution is 0.0467. The van der Waals surface area contributed by atoms with Crippen molar-refractivity contribution in [3.05, 3.63) is 28.5 Å². The molecule has 4 nitrogen and oxygen atoms in total. The molecule has 0 aliphatic heterocycles. The van der Waals surface area contributed by atoms with Gasteiger partial charge in [-0.25, -0.2) is 9.78 Å². The first kappa shape index (κ1) is 15.8. The predicted molar refractivity (Wildman–Crippen MR) is 84.7 cm³/mol. The van der Waals surface area contributed by atoms with E-state index in [4.69, 9.17) is 4.74 Å². The van der Waals surface area contributed by atoms with Crippen LogP contribution in [-0.4, -0.2) is 22.7 Å². The Kier molecular flexibility index (Phi) is 4.89. The maximum absolute atomic E-state index is 11.6. The van der Waals surface area contributed by atoms with Crippen LogP contribution in [0.25, 0.3) is 0 Å². The molecule has 1 aliphatic rings. The van der Waals surface area contributed by atoms with Crippen molar-refractivity contribution >= 4 is 22.0 Å². The number of hydrogen-bond acceptors (Lipinski definition) is 3. The first-order chi connectivity index (χ1) is 9.82. The average Bonchev–Trinajstić information content (AvgIpc) is 2.29. The van der Waals surface area contributed by atoms with Crippen molar-refractivity contribution in [3.63, 3.8) is 0 Å². The van der Waals surface area contributed by atoms with Crippen LogP contribution in [0.4, 0.5) is 4.79 Å². The van der Waals surface area contributed by atoms with Crippen molar-refractivity contribution < 1.29 is 9.53 Å². The molecular formula is C16H19BrN2O2. The van der Waals surface area contributed by atoms with Crippen LogP contribution < -0.4 is 5.32 Å². The van der Waals surface area contributed by atoms with Gasteiger partial charge in [-0.1, -0.05) is 21.9 Å². The highest BCUT2D eigenvalue weighted by Crippen LogP contribution is 2.27. The van der Waals surface area contributed by atoms with Crippen LogP contribution in [0.2, 0.25) is 0 Å². The van der Waals surface area contributed by atoms with Crippen LogP contribution in [0.5, 0.6) is 0 Å².